The van der Waals surface area contributed by atoms with E-state index in [1.54, 1.807) is 0 Å². The molecule has 5 nitrogen and oxygen atoms in total. The molecule has 3 aromatic rings. The van der Waals surface area contributed by atoms with Gasteiger partial charge in [-0.1, -0.05) is 48.5 Å². The van der Waals surface area contributed by atoms with Crippen LogP contribution in [0.25, 0.3) is 11.1 Å². The molecule has 1 aliphatic carbocycles. The number of carbonyl (C=O) groups is 1. The van der Waals surface area contributed by atoms with Gasteiger partial charge in [0.25, 0.3) is 0 Å². The van der Waals surface area contributed by atoms with Crippen molar-refractivity contribution < 1.29 is 4.79 Å². The van der Waals surface area contributed by atoms with Crippen molar-refractivity contribution in [2.24, 2.45) is 0 Å². The highest BCUT2D eigenvalue weighted by Crippen LogP contribution is 2.39. The zero-order valence-electron chi connectivity index (χ0n) is 17.2. The number of benzene rings is 2. The van der Waals surface area contributed by atoms with Crippen LogP contribution in [0.15, 0.2) is 54.6 Å². The number of likely N-dealkylation sites (tertiary alicyclic amines) is 1. The van der Waals surface area contributed by atoms with E-state index in [9.17, 15) is 4.79 Å². The second-order valence-electron chi connectivity index (χ2n) is 8.55. The van der Waals surface area contributed by atoms with Crippen LogP contribution < -0.4 is 5.32 Å². The van der Waals surface area contributed by atoms with Gasteiger partial charge in [-0.2, -0.15) is 5.10 Å². The monoisotopic (exact) mass is 400 g/mol. The highest BCUT2D eigenvalue weighted by molar-refractivity contribution is 5.92. The minimum absolute atomic E-state index is 0.0399. The number of aromatic nitrogens is 2. The molecule has 1 saturated carbocycles. The van der Waals surface area contributed by atoms with Crippen LogP contribution >= 0.6 is 0 Å². The Bertz CT molecular complexity index is 1010. The fraction of sp³-hybridized carbons (Fsp3) is 0.360. The Hall–Kier alpha value is -2.92. The van der Waals surface area contributed by atoms with Gasteiger partial charge in [0.1, 0.15) is 0 Å². The normalized spacial score (nSPS) is 16.7. The van der Waals surface area contributed by atoms with Gasteiger partial charge in [0.05, 0.1) is 6.42 Å². The van der Waals surface area contributed by atoms with Crippen LogP contribution in [0.2, 0.25) is 0 Å². The molecule has 1 amide bonds. The molecule has 0 spiro atoms. The van der Waals surface area contributed by atoms with E-state index in [4.69, 9.17) is 0 Å². The summed E-state index contributed by atoms with van der Waals surface area (Å²) in [5, 5.41) is 10.2. The molecular weight excluding hydrogens is 372 g/mol. The van der Waals surface area contributed by atoms with Crippen LogP contribution in [0.5, 0.6) is 0 Å². The molecule has 2 aliphatic rings. The van der Waals surface area contributed by atoms with Crippen LogP contribution in [0, 0.1) is 0 Å². The number of rotatable bonds is 7. The molecule has 1 aromatic heterocycles. The zero-order chi connectivity index (χ0) is 20.3. The molecule has 30 heavy (non-hydrogen) atoms. The Morgan fingerprint density at radius 1 is 1.07 bits per heavy atom. The molecule has 5 rings (SSSR count). The Morgan fingerprint density at radius 3 is 2.60 bits per heavy atom. The zero-order valence-corrected chi connectivity index (χ0v) is 17.2. The molecule has 0 unspecified atom stereocenters. The summed E-state index contributed by atoms with van der Waals surface area (Å²) in [6.45, 7) is 3.44. The summed E-state index contributed by atoms with van der Waals surface area (Å²) < 4.78 is 0. The molecule has 0 atom stereocenters. The largest absolute Gasteiger partial charge is 0.309 e. The van der Waals surface area contributed by atoms with Crippen molar-refractivity contribution in [3.63, 3.8) is 0 Å². The van der Waals surface area contributed by atoms with E-state index in [0.29, 0.717) is 18.2 Å². The lowest BCUT2D eigenvalue weighted by atomic mass is 9.96. The predicted octanol–water partition coefficient (Wildman–Crippen LogP) is 4.73. The van der Waals surface area contributed by atoms with E-state index >= 15 is 0 Å². The number of H-pyrrole nitrogens is 1. The predicted molar refractivity (Wildman–Crippen MR) is 119 cm³/mol. The first-order chi connectivity index (χ1) is 14.7. The number of hydrogen-bond acceptors (Lipinski definition) is 3. The van der Waals surface area contributed by atoms with Crippen molar-refractivity contribution in [1.82, 2.24) is 15.1 Å². The van der Waals surface area contributed by atoms with E-state index in [-0.39, 0.29) is 5.91 Å². The maximum atomic E-state index is 12.6. The van der Waals surface area contributed by atoms with Crippen molar-refractivity contribution in [2.75, 3.05) is 18.4 Å². The molecule has 0 radical (unpaired) electrons. The number of carbonyl (C=O) groups excluding carboxylic acids is 1. The lowest BCUT2D eigenvalue weighted by Crippen LogP contribution is -2.18. The van der Waals surface area contributed by atoms with Crippen LogP contribution in [0.3, 0.4) is 0 Å². The second kappa shape index (κ2) is 8.44. The number of amides is 1. The van der Waals surface area contributed by atoms with Crippen molar-refractivity contribution in [1.29, 1.82) is 0 Å². The van der Waals surface area contributed by atoms with E-state index < -0.39 is 0 Å². The fourth-order valence-corrected chi connectivity index (χ4v) is 4.31. The first kappa shape index (κ1) is 19.1. The molecular formula is C25H28N4O. The number of anilines is 1. The van der Waals surface area contributed by atoms with Gasteiger partial charge in [0.15, 0.2) is 5.82 Å². The van der Waals surface area contributed by atoms with E-state index in [1.807, 2.05) is 24.3 Å². The fourth-order valence-electron chi connectivity index (χ4n) is 4.31. The quantitative estimate of drug-likeness (QED) is 0.603. The lowest BCUT2D eigenvalue weighted by Gasteiger charge is -2.15. The van der Waals surface area contributed by atoms with E-state index in [0.717, 1.165) is 28.9 Å². The molecule has 1 saturated heterocycles. The second-order valence-corrected chi connectivity index (χ2v) is 8.55. The highest BCUT2D eigenvalue weighted by Gasteiger charge is 2.25. The first-order valence-corrected chi connectivity index (χ1v) is 11.0. The van der Waals surface area contributed by atoms with Gasteiger partial charge in [-0.15, -0.1) is 0 Å². The summed E-state index contributed by atoms with van der Waals surface area (Å²) in [6, 6.07) is 18.9. The standard InChI is InChI=1S/C25H28N4O/c30-25(26-24-16-23(27-28-24)20-11-12-20)15-21-5-1-2-6-22(21)19-9-7-18(8-10-19)17-29-13-3-4-14-29/h1-2,5-10,16,20H,3-4,11-15,17H2,(H2,26,27,28,30). The van der Waals surface area contributed by atoms with Crippen molar-refractivity contribution in [3.05, 3.63) is 71.4 Å². The van der Waals surface area contributed by atoms with Crippen LogP contribution in [0.4, 0.5) is 5.82 Å². The summed E-state index contributed by atoms with van der Waals surface area (Å²) in [6.07, 6.45) is 5.37. The molecule has 2 heterocycles. The Morgan fingerprint density at radius 2 is 1.83 bits per heavy atom. The smallest absolute Gasteiger partial charge is 0.230 e. The molecule has 2 N–H and O–H groups in total. The summed E-state index contributed by atoms with van der Waals surface area (Å²) >= 11 is 0. The van der Waals surface area contributed by atoms with Gasteiger partial charge in [0, 0.05) is 24.2 Å². The molecule has 2 fully saturated rings. The van der Waals surface area contributed by atoms with Crippen LogP contribution in [-0.2, 0) is 17.8 Å². The molecule has 154 valence electrons. The number of nitrogens with zero attached hydrogens (tertiary/aromatic N) is 2. The summed E-state index contributed by atoms with van der Waals surface area (Å²) in [5.74, 6) is 1.17. The van der Waals surface area contributed by atoms with Gasteiger partial charge in [-0.3, -0.25) is 14.8 Å². The molecule has 1 aliphatic heterocycles. The maximum absolute atomic E-state index is 12.6. The summed E-state index contributed by atoms with van der Waals surface area (Å²) in [5.41, 5.74) is 5.77. The third-order valence-corrected chi connectivity index (χ3v) is 6.12. The van der Waals surface area contributed by atoms with Gasteiger partial charge in [-0.05, 0) is 61.0 Å². The first-order valence-electron chi connectivity index (χ1n) is 11.0. The Balaban J connectivity index is 1.26. The van der Waals surface area contributed by atoms with Gasteiger partial charge in [0.2, 0.25) is 5.91 Å². The van der Waals surface area contributed by atoms with Gasteiger partial charge < -0.3 is 5.32 Å². The minimum Gasteiger partial charge on any atom is -0.309 e. The Kier molecular flexibility index (Phi) is 5.37. The van der Waals surface area contributed by atoms with Crippen molar-refractivity contribution in [2.45, 2.75) is 44.6 Å². The minimum atomic E-state index is -0.0399. The third kappa shape index (κ3) is 4.46. The average Bonchev–Trinajstić information content (AvgIpc) is 3.28. The van der Waals surface area contributed by atoms with Crippen molar-refractivity contribution >= 4 is 11.7 Å². The van der Waals surface area contributed by atoms with Gasteiger partial charge in [-0.25, -0.2) is 0 Å². The molecule has 2 aromatic carbocycles. The van der Waals surface area contributed by atoms with Gasteiger partial charge >= 0.3 is 0 Å². The number of nitrogens with one attached hydrogen (secondary N) is 2. The summed E-state index contributed by atoms with van der Waals surface area (Å²) in [7, 11) is 0. The number of aromatic amines is 1. The SMILES string of the molecule is O=C(Cc1ccccc1-c1ccc(CN2CCCC2)cc1)Nc1cc(C2CC2)[nH]n1. The van der Waals surface area contributed by atoms with Crippen LogP contribution in [-0.4, -0.2) is 34.1 Å². The number of hydrogen-bond donors (Lipinski definition) is 2. The Labute approximate surface area is 177 Å². The lowest BCUT2D eigenvalue weighted by molar-refractivity contribution is -0.115. The van der Waals surface area contributed by atoms with E-state index in [1.165, 1.54) is 44.3 Å². The molecule has 5 heteroatoms. The highest BCUT2D eigenvalue weighted by atomic mass is 16.1. The van der Waals surface area contributed by atoms with Crippen LogP contribution in [0.1, 0.15) is 48.4 Å². The maximum Gasteiger partial charge on any atom is 0.230 e. The topological polar surface area (TPSA) is 61.0 Å². The van der Waals surface area contributed by atoms with Crippen molar-refractivity contribution in [3.8, 4) is 11.1 Å². The summed E-state index contributed by atoms with van der Waals surface area (Å²) in [4.78, 5) is 15.1. The van der Waals surface area contributed by atoms with E-state index in [2.05, 4.69) is 50.7 Å². The molecule has 0 bridgehead atoms. The average molecular weight is 401 g/mol. The third-order valence-electron chi connectivity index (χ3n) is 6.12.